The molecular formula is C19H28N4O2. The Labute approximate surface area is 149 Å². The molecule has 0 spiro atoms. The molecule has 6 nitrogen and oxygen atoms in total. The van der Waals surface area contributed by atoms with Gasteiger partial charge in [0.25, 0.3) is 5.91 Å². The highest BCUT2D eigenvalue weighted by Gasteiger charge is 2.34. The lowest BCUT2D eigenvalue weighted by molar-refractivity contribution is 0.0773. The smallest absolute Gasteiger partial charge is 0.276 e. The molecule has 0 saturated heterocycles. The number of aromatic nitrogens is 3. The Bertz CT molecular complexity index is 782. The Morgan fingerprint density at radius 1 is 1.44 bits per heavy atom. The molecule has 0 aliphatic heterocycles. The lowest BCUT2D eigenvalue weighted by atomic mass is 9.71. The molecule has 0 radical (unpaired) electrons. The van der Waals surface area contributed by atoms with Gasteiger partial charge in [-0.15, -0.1) is 0 Å². The lowest BCUT2D eigenvalue weighted by Crippen LogP contribution is -2.30. The van der Waals surface area contributed by atoms with E-state index < -0.39 is 0 Å². The summed E-state index contributed by atoms with van der Waals surface area (Å²) in [7, 11) is 3.71. The summed E-state index contributed by atoms with van der Waals surface area (Å²) in [6.07, 6.45) is 4.63. The molecule has 6 heteroatoms. The summed E-state index contributed by atoms with van der Waals surface area (Å²) in [6.45, 7) is 9.30. The SMILES string of the molecule is Cc1c(CN(C)C(=O)c2noc3c2C[C@@H](C(C)(C)C)CC3)cnn1C. The number of hydrogen-bond donors (Lipinski definition) is 0. The number of rotatable bonds is 3. The average molecular weight is 344 g/mol. The highest BCUT2D eigenvalue weighted by molar-refractivity contribution is 5.93. The van der Waals surface area contributed by atoms with E-state index in [-0.39, 0.29) is 11.3 Å². The molecule has 136 valence electrons. The number of amides is 1. The molecule has 0 fully saturated rings. The number of fused-ring (bicyclic) bond motifs is 1. The molecule has 2 heterocycles. The van der Waals surface area contributed by atoms with E-state index in [9.17, 15) is 4.79 Å². The molecule has 0 bridgehead atoms. The first-order chi connectivity index (χ1) is 11.7. The zero-order valence-electron chi connectivity index (χ0n) is 16.1. The van der Waals surface area contributed by atoms with Crippen LogP contribution in [0.1, 0.15) is 60.3 Å². The lowest BCUT2D eigenvalue weighted by Gasteiger charge is -2.33. The molecule has 0 N–H and O–H groups in total. The largest absolute Gasteiger partial charge is 0.360 e. The van der Waals surface area contributed by atoms with E-state index >= 15 is 0 Å². The van der Waals surface area contributed by atoms with E-state index in [0.29, 0.717) is 18.2 Å². The number of aryl methyl sites for hydroxylation is 2. The van der Waals surface area contributed by atoms with Gasteiger partial charge in [0.2, 0.25) is 0 Å². The highest BCUT2D eigenvalue weighted by atomic mass is 16.5. The van der Waals surface area contributed by atoms with Crippen molar-refractivity contribution < 1.29 is 9.32 Å². The summed E-state index contributed by atoms with van der Waals surface area (Å²) in [5.74, 6) is 1.34. The standard InChI is InChI=1S/C19H28N4O2/c1-12-13(10-20-23(12)6)11-22(5)18(24)17-15-9-14(19(2,3)4)7-8-16(15)25-21-17/h10,14H,7-9,11H2,1-6H3/t14-/m0/s1. The van der Waals surface area contributed by atoms with Crippen LogP contribution < -0.4 is 0 Å². The van der Waals surface area contributed by atoms with Crippen molar-refractivity contribution in [1.82, 2.24) is 19.8 Å². The summed E-state index contributed by atoms with van der Waals surface area (Å²) in [4.78, 5) is 14.6. The van der Waals surface area contributed by atoms with Gasteiger partial charge in [-0.05, 0) is 31.1 Å². The van der Waals surface area contributed by atoms with Gasteiger partial charge >= 0.3 is 0 Å². The normalized spacial score (nSPS) is 17.4. The van der Waals surface area contributed by atoms with Crippen LogP contribution in [-0.2, 0) is 26.4 Å². The van der Waals surface area contributed by atoms with Gasteiger partial charge in [0.15, 0.2) is 5.69 Å². The summed E-state index contributed by atoms with van der Waals surface area (Å²) in [5.41, 5.74) is 3.81. The summed E-state index contributed by atoms with van der Waals surface area (Å²) < 4.78 is 7.30. The Hall–Kier alpha value is -2.11. The van der Waals surface area contributed by atoms with Crippen molar-refractivity contribution in [3.8, 4) is 0 Å². The van der Waals surface area contributed by atoms with Crippen LogP contribution in [0.2, 0.25) is 0 Å². The third kappa shape index (κ3) is 3.34. The van der Waals surface area contributed by atoms with Gasteiger partial charge in [0.05, 0.1) is 6.20 Å². The third-order valence-corrected chi connectivity index (χ3v) is 5.56. The van der Waals surface area contributed by atoms with E-state index in [1.807, 2.05) is 24.9 Å². The summed E-state index contributed by atoms with van der Waals surface area (Å²) >= 11 is 0. The molecule has 1 aliphatic carbocycles. The van der Waals surface area contributed by atoms with Gasteiger partial charge in [-0.2, -0.15) is 5.10 Å². The maximum absolute atomic E-state index is 12.9. The van der Waals surface area contributed by atoms with Gasteiger partial charge in [-0.3, -0.25) is 9.48 Å². The van der Waals surface area contributed by atoms with Gasteiger partial charge in [0.1, 0.15) is 5.76 Å². The van der Waals surface area contributed by atoms with Crippen molar-refractivity contribution in [1.29, 1.82) is 0 Å². The van der Waals surface area contributed by atoms with E-state index in [4.69, 9.17) is 4.52 Å². The molecule has 3 rings (SSSR count). The molecule has 25 heavy (non-hydrogen) atoms. The van der Waals surface area contributed by atoms with Crippen LogP contribution in [0.25, 0.3) is 0 Å². The summed E-state index contributed by atoms with van der Waals surface area (Å²) in [6, 6.07) is 0. The van der Waals surface area contributed by atoms with Crippen LogP contribution in [0.3, 0.4) is 0 Å². The van der Waals surface area contributed by atoms with Crippen molar-refractivity contribution in [2.24, 2.45) is 18.4 Å². The van der Waals surface area contributed by atoms with E-state index in [0.717, 1.165) is 41.8 Å². The van der Waals surface area contributed by atoms with Crippen molar-refractivity contribution in [2.45, 2.75) is 53.5 Å². The van der Waals surface area contributed by atoms with Crippen molar-refractivity contribution in [3.63, 3.8) is 0 Å². The Morgan fingerprint density at radius 2 is 2.16 bits per heavy atom. The third-order valence-electron chi connectivity index (χ3n) is 5.56. The van der Waals surface area contributed by atoms with Crippen molar-refractivity contribution in [3.05, 3.63) is 34.5 Å². The zero-order valence-corrected chi connectivity index (χ0v) is 16.1. The Kier molecular flexibility index (Phi) is 4.47. The van der Waals surface area contributed by atoms with Crippen LogP contribution in [0, 0.1) is 18.3 Å². The van der Waals surface area contributed by atoms with Gasteiger partial charge in [-0.25, -0.2) is 0 Å². The fraction of sp³-hybridized carbons (Fsp3) is 0.632. The van der Waals surface area contributed by atoms with Crippen LogP contribution >= 0.6 is 0 Å². The van der Waals surface area contributed by atoms with E-state index in [1.165, 1.54) is 0 Å². The van der Waals surface area contributed by atoms with E-state index in [2.05, 4.69) is 31.0 Å². The fourth-order valence-corrected chi connectivity index (χ4v) is 3.52. The second-order valence-corrected chi connectivity index (χ2v) is 8.28. The predicted molar refractivity (Wildman–Crippen MR) is 95.2 cm³/mol. The second-order valence-electron chi connectivity index (χ2n) is 8.28. The Morgan fingerprint density at radius 3 is 2.76 bits per heavy atom. The van der Waals surface area contributed by atoms with Crippen LogP contribution in [0.15, 0.2) is 10.7 Å². The van der Waals surface area contributed by atoms with Crippen molar-refractivity contribution >= 4 is 5.91 Å². The number of carbonyl (C=O) groups excluding carboxylic acids is 1. The van der Waals surface area contributed by atoms with E-state index in [1.54, 1.807) is 11.9 Å². The summed E-state index contributed by atoms with van der Waals surface area (Å²) in [5, 5.41) is 8.36. The number of hydrogen-bond acceptors (Lipinski definition) is 4. The first kappa shape index (κ1) is 17.7. The van der Waals surface area contributed by atoms with Crippen LogP contribution in [0.4, 0.5) is 0 Å². The van der Waals surface area contributed by atoms with Gasteiger partial charge < -0.3 is 9.42 Å². The van der Waals surface area contributed by atoms with Crippen LogP contribution in [0.5, 0.6) is 0 Å². The second kappa shape index (κ2) is 6.32. The Balaban J connectivity index is 1.80. The number of nitrogens with zero attached hydrogens (tertiary/aromatic N) is 4. The minimum atomic E-state index is -0.0807. The van der Waals surface area contributed by atoms with Gasteiger partial charge in [0, 0.05) is 43.9 Å². The molecule has 1 amide bonds. The molecule has 0 unspecified atom stereocenters. The fourth-order valence-electron chi connectivity index (χ4n) is 3.52. The molecule has 1 aliphatic rings. The average Bonchev–Trinajstić information content (AvgIpc) is 3.11. The first-order valence-electron chi connectivity index (χ1n) is 8.89. The molecule has 0 aromatic carbocycles. The zero-order chi connectivity index (χ0) is 18.4. The first-order valence-corrected chi connectivity index (χ1v) is 8.89. The predicted octanol–water partition coefficient (Wildman–Crippen LogP) is 3.14. The minimum absolute atomic E-state index is 0.0807. The molecule has 1 atom stereocenters. The maximum Gasteiger partial charge on any atom is 0.276 e. The molecule has 0 saturated carbocycles. The highest BCUT2D eigenvalue weighted by Crippen LogP contribution is 2.38. The molecule has 2 aromatic rings. The molecule has 2 aromatic heterocycles. The maximum atomic E-state index is 12.9. The van der Waals surface area contributed by atoms with Gasteiger partial charge in [-0.1, -0.05) is 25.9 Å². The topological polar surface area (TPSA) is 64.2 Å². The number of carbonyl (C=O) groups is 1. The van der Waals surface area contributed by atoms with Crippen molar-refractivity contribution in [2.75, 3.05) is 7.05 Å². The molecular weight excluding hydrogens is 316 g/mol. The minimum Gasteiger partial charge on any atom is -0.360 e. The van der Waals surface area contributed by atoms with Crippen LogP contribution in [-0.4, -0.2) is 32.8 Å². The monoisotopic (exact) mass is 344 g/mol. The quantitative estimate of drug-likeness (QED) is 0.858.